The Kier molecular flexibility index (Phi) is 8.70. The van der Waals surface area contributed by atoms with E-state index in [4.69, 9.17) is 0 Å². The third kappa shape index (κ3) is 9.56. The van der Waals surface area contributed by atoms with E-state index < -0.39 is 0 Å². The van der Waals surface area contributed by atoms with Crippen LogP contribution in [0.3, 0.4) is 0 Å². The van der Waals surface area contributed by atoms with Gasteiger partial charge in [-0.1, -0.05) is 39.0 Å². The van der Waals surface area contributed by atoms with E-state index in [1.165, 1.54) is 44.2 Å². The fourth-order valence-corrected chi connectivity index (χ4v) is 1.55. The van der Waals surface area contributed by atoms with Crippen LogP contribution in [-0.2, 0) is 0 Å². The average Bonchev–Trinajstić information content (AvgIpc) is 2.10. The molecule has 84 valence electrons. The molecule has 0 heterocycles. The maximum atomic E-state index is 4.36. The van der Waals surface area contributed by atoms with Crippen molar-refractivity contribution in [3.63, 3.8) is 0 Å². The van der Waals surface area contributed by atoms with E-state index in [0.29, 0.717) is 0 Å². The highest BCUT2D eigenvalue weighted by atomic mass is 15.4. The van der Waals surface area contributed by atoms with Crippen LogP contribution in [0.2, 0.25) is 0 Å². The van der Waals surface area contributed by atoms with Gasteiger partial charge in [-0.25, -0.2) is 0 Å². The predicted molar refractivity (Wildman–Crippen MR) is 64.8 cm³/mol. The summed E-state index contributed by atoms with van der Waals surface area (Å²) in [5, 5.41) is 6.24. The molecule has 0 atom stereocenters. The summed E-state index contributed by atoms with van der Waals surface area (Å²) in [6, 6.07) is 0. The number of unbranched alkanes of at least 4 members (excludes halogenated alkanes) is 5. The van der Waals surface area contributed by atoms with E-state index in [2.05, 4.69) is 18.9 Å². The first-order valence-corrected chi connectivity index (χ1v) is 5.88. The lowest BCUT2D eigenvalue weighted by molar-refractivity contribution is 0.435. The highest BCUT2D eigenvalue weighted by Crippen LogP contribution is 2.07. The Morgan fingerprint density at radius 3 is 2.14 bits per heavy atom. The zero-order chi connectivity index (χ0) is 10.8. The first kappa shape index (κ1) is 13.5. The largest absolute Gasteiger partial charge is 0.303 e. The molecule has 0 rings (SSSR count). The summed E-state index contributed by atoms with van der Waals surface area (Å²) in [5.41, 5.74) is 1.26. The van der Waals surface area contributed by atoms with E-state index in [-0.39, 0.29) is 0 Å². The minimum atomic E-state index is 1.16. The summed E-state index contributed by atoms with van der Waals surface area (Å²) in [6.45, 7) is 4.37. The zero-order valence-corrected chi connectivity index (χ0v) is 10.3. The Morgan fingerprint density at radius 2 is 1.57 bits per heavy atom. The molecule has 14 heavy (non-hydrogen) atoms. The highest BCUT2D eigenvalue weighted by Gasteiger charge is 1.94. The van der Waals surface area contributed by atoms with E-state index in [1.54, 1.807) is 0 Å². The van der Waals surface area contributed by atoms with Crippen LogP contribution < -0.4 is 0 Å². The molecule has 0 aromatic carbocycles. The minimum absolute atomic E-state index is 1.16. The van der Waals surface area contributed by atoms with Crippen molar-refractivity contribution < 1.29 is 0 Å². The Balaban J connectivity index is 3.27. The van der Waals surface area contributed by atoms with Gasteiger partial charge in [-0.2, -0.15) is 5.10 Å². The van der Waals surface area contributed by atoms with Gasteiger partial charge in [-0.05, 0) is 19.8 Å². The lowest BCUT2D eigenvalue weighted by atomic mass is 10.1. The molecule has 0 fully saturated rings. The van der Waals surface area contributed by atoms with E-state index in [9.17, 15) is 0 Å². The van der Waals surface area contributed by atoms with E-state index >= 15 is 0 Å². The Bertz CT molecular complexity index is 150. The Hall–Kier alpha value is -0.530. The number of hydrogen-bond donors (Lipinski definition) is 0. The van der Waals surface area contributed by atoms with Gasteiger partial charge < -0.3 is 5.01 Å². The first-order valence-electron chi connectivity index (χ1n) is 5.88. The third-order valence-electron chi connectivity index (χ3n) is 2.26. The van der Waals surface area contributed by atoms with Gasteiger partial charge in [0.15, 0.2) is 0 Å². The molecule has 0 N–H and O–H groups in total. The fourth-order valence-electron chi connectivity index (χ4n) is 1.55. The monoisotopic (exact) mass is 198 g/mol. The fraction of sp³-hybridized carbons (Fsp3) is 0.917. The Morgan fingerprint density at radius 1 is 1.00 bits per heavy atom. The smallest absolute Gasteiger partial charge is 0.0349 e. The molecular formula is C12H26N2. The van der Waals surface area contributed by atoms with Crippen LogP contribution in [0.25, 0.3) is 0 Å². The van der Waals surface area contributed by atoms with Crippen LogP contribution in [0, 0.1) is 0 Å². The summed E-state index contributed by atoms with van der Waals surface area (Å²) in [5.74, 6) is 0. The van der Waals surface area contributed by atoms with Crippen molar-refractivity contribution in [2.24, 2.45) is 5.10 Å². The molecule has 0 bridgehead atoms. The molecule has 0 aromatic rings. The summed E-state index contributed by atoms with van der Waals surface area (Å²) >= 11 is 0. The van der Waals surface area contributed by atoms with Gasteiger partial charge in [0.1, 0.15) is 0 Å². The predicted octanol–water partition coefficient (Wildman–Crippen LogP) is 3.67. The summed E-state index contributed by atoms with van der Waals surface area (Å²) < 4.78 is 0. The van der Waals surface area contributed by atoms with Crippen LogP contribution in [0.15, 0.2) is 5.10 Å². The molecule has 0 amide bonds. The lowest BCUT2D eigenvalue weighted by Gasteiger charge is -2.06. The van der Waals surface area contributed by atoms with Gasteiger partial charge in [-0.3, -0.25) is 0 Å². The van der Waals surface area contributed by atoms with Gasteiger partial charge in [0.05, 0.1) is 0 Å². The average molecular weight is 198 g/mol. The van der Waals surface area contributed by atoms with Crippen molar-refractivity contribution in [2.45, 2.75) is 58.8 Å². The maximum absolute atomic E-state index is 4.36. The second kappa shape index (κ2) is 9.04. The van der Waals surface area contributed by atoms with Crippen LogP contribution in [-0.4, -0.2) is 24.8 Å². The second-order valence-electron chi connectivity index (χ2n) is 4.20. The number of hydrazone groups is 1. The van der Waals surface area contributed by atoms with Crippen LogP contribution in [0.1, 0.15) is 58.8 Å². The second-order valence-corrected chi connectivity index (χ2v) is 4.20. The molecule has 2 heteroatoms. The molecule has 0 radical (unpaired) electrons. The molecule has 0 spiro atoms. The molecule has 2 nitrogen and oxygen atoms in total. The van der Waals surface area contributed by atoms with Gasteiger partial charge >= 0.3 is 0 Å². The number of hydrogen-bond acceptors (Lipinski definition) is 2. The Labute approximate surface area is 89.4 Å². The minimum Gasteiger partial charge on any atom is -0.303 e. The van der Waals surface area contributed by atoms with Crippen molar-refractivity contribution >= 4 is 5.71 Å². The van der Waals surface area contributed by atoms with Gasteiger partial charge in [0.2, 0.25) is 0 Å². The van der Waals surface area contributed by atoms with Gasteiger partial charge in [-0.15, -0.1) is 0 Å². The highest BCUT2D eigenvalue weighted by molar-refractivity contribution is 5.81. The van der Waals surface area contributed by atoms with E-state index in [1.807, 2.05) is 19.1 Å². The summed E-state index contributed by atoms with van der Waals surface area (Å²) in [7, 11) is 3.95. The molecule has 0 aromatic heterocycles. The molecule has 0 saturated carbocycles. The van der Waals surface area contributed by atoms with Crippen molar-refractivity contribution in [3.05, 3.63) is 0 Å². The van der Waals surface area contributed by atoms with Crippen LogP contribution in [0.5, 0.6) is 0 Å². The van der Waals surface area contributed by atoms with Crippen molar-refractivity contribution in [3.8, 4) is 0 Å². The van der Waals surface area contributed by atoms with Crippen molar-refractivity contribution in [2.75, 3.05) is 14.1 Å². The standard InChI is InChI=1S/C12H26N2/c1-5-6-7-8-9-10-11-12(2)13-14(3)4/h5-11H2,1-4H3/b13-12+. The lowest BCUT2D eigenvalue weighted by Crippen LogP contribution is -2.06. The van der Waals surface area contributed by atoms with Crippen molar-refractivity contribution in [1.82, 2.24) is 5.01 Å². The zero-order valence-electron chi connectivity index (χ0n) is 10.3. The third-order valence-corrected chi connectivity index (χ3v) is 2.26. The van der Waals surface area contributed by atoms with Gasteiger partial charge in [0, 0.05) is 19.8 Å². The molecule has 0 aliphatic carbocycles. The van der Waals surface area contributed by atoms with Crippen LogP contribution >= 0.6 is 0 Å². The summed E-state index contributed by atoms with van der Waals surface area (Å²) in [6.07, 6.45) is 9.34. The van der Waals surface area contributed by atoms with E-state index in [0.717, 1.165) is 6.42 Å². The number of rotatable bonds is 8. The molecule has 0 aliphatic rings. The molecular weight excluding hydrogens is 172 g/mol. The molecule has 0 aliphatic heterocycles. The molecule has 0 saturated heterocycles. The first-order chi connectivity index (χ1) is 6.66. The molecule has 0 unspecified atom stereocenters. The van der Waals surface area contributed by atoms with Crippen molar-refractivity contribution in [1.29, 1.82) is 0 Å². The SMILES string of the molecule is CCCCCCCC/C(C)=N/N(C)C. The summed E-state index contributed by atoms with van der Waals surface area (Å²) in [4.78, 5) is 0. The normalized spacial score (nSPS) is 11.9. The topological polar surface area (TPSA) is 15.6 Å². The van der Waals surface area contributed by atoms with Crippen LogP contribution in [0.4, 0.5) is 0 Å². The quantitative estimate of drug-likeness (QED) is 0.330. The van der Waals surface area contributed by atoms with Gasteiger partial charge in [0.25, 0.3) is 0 Å². The number of nitrogens with zero attached hydrogens (tertiary/aromatic N) is 2. The maximum Gasteiger partial charge on any atom is 0.0349 e.